The van der Waals surface area contributed by atoms with Crippen LogP contribution in [-0.4, -0.2) is 26.8 Å². The first-order chi connectivity index (χ1) is 9.95. The molecule has 0 saturated heterocycles. The minimum atomic E-state index is -0.394. The molecule has 0 atom stereocenters. The highest BCUT2D eigenvalue weighted by Crippen LogP contribution is 2.29. The fourth-order valence-corrected chi connectivity index (χ4v) is 2.03. The number of rotatable bonds is 4. The van der Waals surface area contributed by atoms with Gasteiger partial charge in [-0.05, 0) is 12.1 Å². The molecule has 7 nitrogen and oxygen atoms in total. The van der Waals surface area contributed by atoms with Crippen molar-refractivity contribution in [2.24, 2.45) is 0 Å². The van der Waals surface area contributed by atoms with Gasteiger partial charge in [-0.3, -0.25) is 9.59 Å². The smallest absolute Gasteiger partial charge is 0.248 e. The zero-order valence-electron chi connectivity index (χ0n) is 10.9. The number of halogens is 2. The summed E-state index contributed by atoms with van der Waals surface area (Å²) >= 11 is 11.9. The molecule has 0 aliphatic carbocycles. The first-order valence-electron chi connectivity index (χ1n) is 5.87. The van der Waals surface area contributed by atoms with Gasteiger partial charge in [0.25, 0.3) is 0 Å². The molecule has 0 fully saturated rings. The van der Waals surface area contributed by atoms with Gasteiger partial charge in [0.05, 0.1) is 21.9 Å². The normalized spacial score (nSPS) is 10.2. The Hall–Kier alpha value is -2.12. The predicted octanol–water partition coefficient (Wildman–Crippen LogP) is 2.18. The van der Waals surface area contributed by atoms with E-state index in [-0.39, 0.29) is 18.3 Å². The molecule has 0 aliphatic rings. The Morgan fingerprint density at radius 2 is 1.90 bits per heavy atom. The van der Waals surface area contributed by atoms with Gasteiger partial charge >= 0.3 is 0 Å². The van der Waals surface area contributed by atoms with E-state index in [0.717, 1.165) is 4.80 Å². The third-order valence-electron chi connectivity index (χ3n) is 2.35. The fraction of sp³-hybridized carbons (Fsp3) is 0.167. The molecule has 0 aliphatic heterocycles. The Kier molecular flexibility index (Phi) is 4.77. The molecule has 0 spiro atoms. The van der Waals surface area contributed by atoms with Crippen LogP contribution in [0.15, 0.2) is 24.4 Å². The van der Waals surface area contributed by atoms with Crippen molar-refractivity contribution in [3.05, 3.63) is 34.4 Å². The minimum absolute atomic E-state index is 0.138. The van der Waals surface area contributed by atoms with Gasteiger partial charge in [-0.25, -0.2) is 0 Å². The van der Waals surface area contributed by atoms with Crippen LogP contribution in [0.5, 0.6) is 0 Å². The van der Waals surface area contributed by atoms with E-state index in [1.54, 1.807) is 18.2 Å². The highest BCUT2D eigenvalue weighted by atomic mass is 35.5. The second-order valence-electron chi connectivity index (χ2n) is 4.09. The number of hydrogen-bond acceptors (Lipinski definition) is 4. The van der Waals surface area contributed by atoms with E-state index in [1.165, 1.54) is 13.1 Å². The maximum Gasteiger partial charge on any atom is 0.248 e. The molecule has 1 aromatic heterocycles. The Bertz CT molecular complexity index is 666. The van der Waals surface area contributed by atoms with Crippen molar-refractivity contribution in [2.45, 2.75) is 13.5 Å². The van der Waals surface area contributed by atoms with Crippen LogP contribution in [0.3, 0.4) is 0 Å². The van der Waals surface area contributed by atoms with Gasteiger partial charge in [-0.2, -0.15) is 9.90 Å². The lowest BCUT2D eigenvalue weighted by atomic mass is 10.3. The molecule has 110 valence electrons. The summed E-state index contributed by atoms with van der Waals surface area (Å²) in [6, 6.07) is 4.91. The van der Waals surface area contributed by atoms with Crippen molar-refractivity contribution in [1.29, 1.82) is 0 Å². The van der Waals surface area contributed by atoms with E-state index in [4.69, 9.17) is 23.2 Å². The average molecular weight is 328 g/mol. The molecule has 0 saturated carbocycles. The molecule has 9 heteroatoms. The van der Waals surface area contributed by atoms with E-state index < -0.39 is 5.91 Å². The summed E-state index contributed by atoms with van der Waals surface area (Å²) in [7, 11) is 0. The molecule has 1 aromatic carbocycles. The molecule has 2 amide bonds. The van der Waals surface area contributed by atoms with Crippen LogP contribution in [0.2, 0.25) is 10.0 Å². The van der Waals surface area contributed by atoms with Crippen molar-refractivity contribution in [3.63, 3.8) is 0 Å². The standard InChI is InChI=1S/C12H11Cl2N5O2/c1-7(20)16-10-5-15-19(18-10)6-11(21)17-12-8(13)3-2-4-9(12)14/h2-5H,6H2,1H3,(H,17,21)(H,16,18,20). The van der Waals surface area contributed by atoms with Crippen molar-refractivity contribution in [2.75, 3.05) is 10.6 Å². The van der Waals surface area contributed by atoms with Crippen molar-refractivity contribution in [1.82, 2.24) is 15.0 Å². The molecule has 0 unspecified atom stereocenters. The number of nitrogens with zero attached hydrogens (tertiary/aromatic N) is 3. The predicted molar refractivity (Wildman–Crippen MR) is 79.4 cm³/mol. The summed E-state index contributed by atoms with van der Waals surface area (Å²) in [6.07, 6.45) is 1.34. The molecule has 2 N–H and O–H groups in total. The van der Waals surface area contributed by atoms with E-state index >= 15 is 0 Å². The van der Waals surface area contributed by atoms with Gasteiger partial charge in [0.2, 0.25) is 11.8 Å². The van der Waals surface area contributed by atoms with E-state index in [9.17, 15) is 9.59 Å². The van der Waals surface area contributed by atoms with Crippen molar-refractivity contribution >= 4 is 46.5 Å². The van der Waals surface area contributed by atoms with Gasteiger partial charge in [-0.15, -0.1) is 5.10 Å². The second kappa shape index (κ2) is 6.55. The lowest BCUT2D eigenvalue weighted by Crippen LogP contribution is -2.21. The summed E-state index contributed by atoms with van der Waals surface area (Å²) in [6.45, 7) is 1.21. The van der Waals surface area contributed by atoms with Crippen LogP contribution in [0.1, 0.15) is 6.92 Å². The van der Waals surface area contributed by atoms with Crippen LogP contribution in [0, 0.1) is 0 Å². The van der Waals surface area contributed by atoms with E-state index in [2.05, 4.69) is 20.8 Å². The molecule has 0 bridgehead atoms. The summed E-state index contributed by atoms with van der Waals surface area (Å²) in [5.74, 6) is -0.393. The van der Waals surface area contributed by atoms with E-state index in [0.29, 0.717) is 15.7 Å². The SMILES string of the molecule is CC(=O)Nc1cnn(CC(=O)Nc2c(Cl)cccc2Cl)n1. The number of para-hydroxylation sites is 1. The topological polar surface area (TPSA) is 88.9 Å². The van der Waals surface area contributed by atoms with Crippen LogP contribution < -0.4 is 10.6 Å². The number of benzene rings is 1. The quantitative estimate of drug-likeness (QED) is 0.900. The van der Waals surface area contributed by atoms with Crippen molar-refractivity contribution < 1.29 is 9.59 Å². The molecular weight excluding hydrogens is 317 g/mol. The molecule has 21 heavy (non-hydrogen) atoms. The molecule has 1 heterocycles. The number of anilines is 2. The zero-order chi connectivity index (χ0) is 15.4. The maximum atomic E-state index is 11.9. The summed E-state index contributed by atoms with van der Waals surface area (Å²) < 4.78 is 0. The Balaban J connectivity index is 2.02. The third-order valence-corrected chi connectivity index (χ3v) is 2.98. The Labute approximate surface area is 130 Å². The Morgan fingerprint density at radius 1 is 1.24 bits per heavy atom. The first kappa shape index (κ1) is 15.3. The third kappa shape index (κ3) is 4.17. The van der Waals surface area contributed by atoms with Crippen LogP contribution in [0.25, 0.3) is 0 Å². The summed E-state index contributed by atoms with van der Waals surface area (Å²) in [5.41, 5.74) is 0.333. The lowest BCUT2D eigenvalue weighted by molar-refractivity contribution is -0.117. The first-order valence-corrected chi connectivity index (χ1v) is 6.63. The lowest BCUT2D eigenvalue weighted by Gasteiger charge is -2.08. The van der Waals surface area contributed by atoms with Gasteiger partial charge in [0, 0.05) is 6.92 Å². The largest absolute Gasteiger partial charge is 0.322 e. The number of hydrogen-bond donors (Lipinski definition) is 2. The monoisotopic (exact) mass is 327 g/mol. The highest BCUT2D eigenvalue weighted by Gasteiger charge is 2.11. The van der Waals surface area contributed by atoms with Crippen molar-refractivity contribution in [3.8, 4) is 0 Å². The van der Waals surface area contributed by atoms with Crippen LogP contribution in [-0.2, 0) is 16.1 Å². The van der Waals surface area contributed by atoms with Gasteiger partial charge in [0.15, 0.2) is 5.82 Å². The highest BCUT2D eigenvalue weighted by molar-refractivity contribution is 6.39. The van der Waals surface area contributed by atoms with E-state index in [1.807, 2.05) is 0 Å². The number of carbonyl (C=O) groups excluding carboxylic acids is 2. The van der Waals surface area contributed by atoms with Gasteiger partial charge in [0.1, 0.15) is 6.54 Å². The fourth-order valence-electron chi connectivity index (χ4n) is 1.54. The molecule has 2 aromatic rings. The number of aromatic nitrogens is 3. The van der Waals surface area contributed by atoms with Crippen LogP contribution >= 0.6 is 23.2 Å². The zero-order valence-corrected chi connectivity index (χ0v) is 12.4. The number of carbonyl (C=O) groups is 2. The number of amides is 2. The summed E-state index contributed by atoms with van der Waals surface area (Å²) in [5, 5.41) is 13.5. The molecule has 2 rings (SSSR count). The molecular formula is C12H11Cl2N5O2. The number of nitrogens with one attached hydrogen (secondary N) is 2. The van der Waals surface area contributed by atoms with Gasteiger partial charge < -0.3 is 10.6 Å². The second-order valence-corrected chi connectivity index (χ2v) is 4.90. The summed E-state index contributed by atoms with van der Waals surface area (Å²) in [4.78, 5) is 23.9. The van der Waals surface area contributed by atoms with Gasteiger partial charge in [-0.1, -0.05) is 29.3 Å². The Morgan fingerprint density at radius 3 is 2.52 bits per heavy atom. The molecule has 0 radical (unpaired) electrons. The average Bonchev–Trinajstić information content (AvgIpc) is 2.80. The maximum absolute atomic E-state index is 11.9. The van der Waals surface area contributed by atoms with Crippen LogP contribution in [0.4, 0.5) is 11.5 Å². The minimum Gasteiger partial charge on any atom is -0.322 e.